The number of hydrogen-bond acceptors (Lipinski definition) is 2. The molecule has 3 aromatic rings. The zero-order valence-electron chi connectivity index (χ0n) is 11.9. The second kappa shape index (κ2) is 7.20. The number of nitrogen functional groups attached to an aromatic ring is 1. The van der Waals surface area contributed by atoms with Crippen molar-refractivity contribution in [1.82, 2.24) is 9.78 Å². The van der Waals surface area contributed by atoms with E-state index in [1.807, 2.05) is 37.3 Å². The van der Waals surface area contributed by atoms with E-state index in [1.165, 1.54) is 4.68 Å². The largest absolute Gasteiger partial charge is 0.397 e. The van der Waals surface area contributed by atoms with E-state index in [2.05, 4.69) is 5.10 Å². The Kier molecular flexibility index (Phi) is 5.31. The quantitative estimate of drug-likeness (QED) is 0.659. The van der Waals surface area contributed by atoms with Gasteiger partial charge in [0.2, 0.25) is 0 Å². The van der Waals surface area contributed by atoms with Crippen LogP contribution < -0.4 is 11.3 Å². The molecular weight excluding hydrogens is 321 g/mol. The van der Waals surface area contributed by atoms with Crippen molar-refractivity contribution >= 4 is 28.9 Å². The SMILES string of the molecule is Cc1cc(=O)n(-c2ccccc2)[nH]1.Nc1cc(Cl)ccc1Cl. The molecule has 0 fully saturated rings. The average Bonchev–Trinajstić information content (AvgIpc) is 2.84. The first-order valence-electron chi connectivity index (χ1n) is 6.52. The van der Waals surface area contributed by atoms with Gasteiger partial charge in [0.15, 0.2) is 0 Å². The maximum absolute atomic E-state index is 11.4. The van der Waals surface area contributed by atoms with E-state index >= 15 is 0 Å². The van der Waals surface area contributed by atoms with E-state index in [0.29, 0.717) is 15.7 Å². The lowest BCUT2D eigenvalue weighted by molar-refractivity contribution is 0.835. The normalized spacial score (nSPS) is 9.95. The molecule has 3 rings (SSSR count). The van der Waals surface area contributed by atoms with E-state index in [9.17, 15) is 4.79 Å². The molecule has 0 saturated carbocycles. The minimum atomic E-state index is -0.0244. The number of nitrogens with one attached hydrogen (secondary N) is 1. The number of aromatic amines is 1. The molecule has 0 aliphatic rings. The summed E-state index contributed by atoms with van der Waals surface area (Å²) in [5, 5.41) is 4.11. The molecule has 0 atom stereocenters. The van der Waals surface area contributed by atoms with Crippen molar-refractivity contribution in [3.63, 3.8) is 0 Å². The van der Waals surface area contributed by atoms with Crippen molar-refractivity contribution in [2.24, 2.45) is 0 Å². The Balaban J connectivity index is 0.000000172. The lowest BCUT2D eigenvalue weighted by atomic mass is 10.3. The van der Waals surface area contributed by atoms with Gasteiger partial charge in [-0.15, -0.1) is 0 Å². The molecule has 0 spiro atoms. The van der Waals surface area contributed by atoms with Gasteiger partial charge in [0.25, 0.3) is 5.56 Å². The second-order valence-corrected chi connectivity index (χ2v) is 5.46. The van der Waals surface area contributed by atoms with Crippen LogP contribution in [0.3, 0.4) is 0 Å². The molecule has 22 heavy (non-hydrogen) atoms. The van der Waals surface area contributed by atoms with Crippen LogP contribution in [0.2, 0.25) is 10.0 Å². The molecule has 2 aromatic carbocycles. The number of para-hydroxylation sites is 1. The standard InChI is InChI=1S/C10H10N2O.C6H5Cl2N/c1-8-7-10(13)12(11-8)9-5-3-2-4-6-9;7-4-1-2-5(8)6(9)3-4/h2-7,11H,1H3;1-3H,9H2. The lowest BCUT2D eigenvalue weighted by Crippen LogP contribution is -2.12. The van der Waals surface area contributed by atoms with E-state index in [0.717, 1.165) is 11.4 Å². The van der Waals surface area contributed by atoms with Crippen LogP contribution in [-0.4, -0.2) is 9.78 Å². The van der Waals surface area contributed by atoms with Gasteiger partial charge in [-0.1, -0.05) is 41.4 Å². The molecule has 0 radical (unpaired) electrons. The monoisotopic (exact) mass is 335 g/mol. The molecule has 0 bridgehead atoms. The number of rotatable bonds is 1. The van der Waals surface area contributed by atoms with Gasteiger partial charge in [0.05, 0.1) is 16.4 Å². The van der Waals surface area contributed by atoms with Gasteiger partial charge in [-0.2, -0.15) is 0 Å². The van der Waals surface area contributed by atoms with Crippen LogP contribution in [0.25, 0.3) is 5.69 Å². The minimum Gasteiger partial charge on any atom is -0.397 e. The van der Waals surface area contributed by atoms with Crippen LogP contribution in [0.5, 0.6) is 0 Å². The summed E-state index contributed by atoms with van der Waals surface area (Å²) in [6, 6.07) is 16.0. The highest BCUT2D eigenvalue weighted by Crippen LogP contribution is 2.21. The first kappa shape index (κ1) is 16.2. The van der Waals surface area contributed by atoms with Crippen molar-refractivity contribution in [3.05, 3.63) is 80.7 Å². The van der Waals surface area contributed by atoms with Crippen LogP contribution in [0.4, 0.5) is 5.69 Å². The second-order valence-electron chi connectivity index (χ2n) is 4.61. The Labute approximate surface area is 138 Å². The predicted octanol–water partition coefficient (Wildman–Crippen LogP) is 4.05. The van der Waals surface area contributed by atoms with Gasteiger partial charge in [0, 0.05) is 16.8 Å². The van der Waals surface area contributed by atoms with Crippen LogP contribution in [0, 0.1) is 6.92 Å². The summed E-state index contributed by atoms with van der Waals surface area (Å²) in [5.41, 5.74) is 7.63. The number of anilines is 1. The Morgan fingerprint density at radius 1 is 1.05 bits per heavy atom. The van der Waals surface area contributed by atoms with E-state index < -0.39 is 0 Å². The number of nitrogens with two attached hydrogens (primary N) is 1. The van der Waals surface area contributed by atoms with Crippen molar-refractivity contribution in [1.29, 1.82) is 0 Å². The molecular formula is C16H15Cl2N3O. The zero-order chi connectivity index (χ0) is 16.1. The first-order valence-corrected chi connectivity index (χ1v) is 7.27. The number of aromatic nitrogens is 2. The van der Waals surface area contributed by atoms with Gasteiger partial charge in [-0.05, 0) is 37.3 Å². The fourth-order valence-electron chi connectivity index (χ4n) is 1.80. The van der Waals surface area contributed by atoms with Crippen molar-refractivity contribution in [3.8, 4) is 5.69 Å². The van der Waals surface area contributed by atoms with Crippen LogP contribution in [0.15, 0.2) is 59.4 Å². The molecule has 4 nitrogen and oxygen atoms in total. The summed E-state index contributed by atoms with van der Waals surface area (Å²) in [7, 11) is 0. The summed E-state index contributed by atoms with van der Waals surface area (Å²) < 4.78 is 1.52. The number of hydrogen-bond donors (Lipinski definition) is 2. The topological polar surface area (TPSA) is 63.8 Å². The number of aryl methyl sites for hydroxylation is 1. The van der Waals surface area contributed by atoms with Crippen molar-refractivity contribution < 1.29 is 0 Å². The van der Waals surface area contributed by atoms with Crippen molar-refractivity contribution in [2.75, 3.05) is 5.73 Å². The lowest BCUT2D eigenvalue weighted by Gasteiger charge is -1.99. The summed E-state index contributed by atoms with van der Waals surface area (Å²) in [6.45, 7) is 1.86. The number of benzene rings is 2. The molecule has 0 aliphatic heterocycles. The highest BCUT2D eigenvalue weighted by Gasteiger charge is 2.00. The molecule has 0 aliphatic carbocycles. The third-order valence-corrected chi connectivity index (χ3v) is 3.40. The highest BCUT2D eigenvalue weighted by atomic mass is 35.5. The third kappa shape index (κ3) is 4.16. The third-order valence-electron chi connectivity index (χ3n) is 2.82. The van der Waals surface area contributed by atoms with Gasteiger partial charge >= 0.3 is 0 Å². The van der Waals surface area contributed by atoms with E-state index in [1.54, 1.807) is 24.3 Å². The Morgan fingerprint density at radius 2 is 1.73 bits per heavy atom. The molecule has 3 N–H and O–H groups in total. The maximum atomic E-state index is 11.4. The minimum absolute atomic E-state index is 0.0244. The van der Waals surface area contributed by atoms with Crippen LogP contribution in [-0.2, 0) is 0 Å². The van der Waals surface area contributed by atoms with Gasteiger partial charge in [-0.25, -0.2) is 4.68 Å². The first-order chi connectivity index (χ1) is 10.5. The van der Waals surface area contributed by atoms with Crippen LogP contribution >= 0.6 is 23.2 Å². The molecule has 0 unspecified atom stereocenters. The molecule has 0 amide bonds. The Hall–Kier alpha value is -2.17. The highest BCUT2D eigenvalue weighted by molar-refractivity contribution is 6.35. The van der Waals surface area contributed by atoms with Crippen LogP contribution in [0.1, 0.15) is 5.69 Å². The number of nitrogens with zero attached hydrogens (tertiary/aromatic N) is 1. The Morgan fingerprint density at radius 3 is 2.23 bits per heavy atom. The number of H-pyrrole nitrogens is 1. The summed E-state index contributed by atoms with van der Waals surface area (Å²) in [4.78, 5) is 11.4. The molecule has 1 aromatic heterocycles. The number of halogens is 2. The van der Waals surface area contributed by atoms with Gasteiger partial charge < -0.3 is 5.73 Å². The Bertz CT molecular complexity index is 810. The molecule has 1 heterocycles. The fraction of sp³-hybridized carbons (Fsp3) is 0.0625. The summed E-state index contributed by atoms with van der Waals surface area (Å²) >= 11 is 11.2. The maximum Gasteiger partial charge on any atom is 0.271 e. The molecule has 0 saturated heterocycles. The fourth-order valence-corrected chi connectivity index (χ4v) is 2.10. The smallest absolute Gasteiger partial charge is 0.271 e. The molecule has 114 valence electrons. The summed E-state index contributed by atoms with van der Waals surface area (Å²) in [6.07, 6.45) is 0. The van der Waals surface area contributed by atoms with E-state index in [4.69, 9.17) is 28.9 Å². The molecule has 6 heteroatoms. The van der Waals surface area contributed by atoms with Crippen molar-refractivity contribution in [2.45, 2.75) is 6.92 Å². The van der Waals surface area contributed by atoms with Gasteiger partial charge in [-0.3, -0.25) is 9.89 Å². The predicted molar refractivity (Wildman–Crippen MR) is 92.0 cm³/mol. The van der Waals surface area contributed by atoms with Gasteiger partial charge in [0.1, 0.15) is 0 Å². The average molecular weight is 336 g/mol. The zero-order valence-corrected chi connectivity index (χ0v) is 13.4. The van der Waals surface area contributed by atoms with E-state index in [-0.39, 0.29) is 5.56 Å². The summed E-state index contributed by atoms with van der Waals surface area (Å²) in [5.74, 6) is 0.